The smallest absolute Gasteiger partial charge is 0.227 e. The van der Waals surface area contributed by atoms with Crippen molar-refractivity contribution in [3.05, 3.63) is 54.1 Å². The van der Waals surface area contributed by atoms with Gasteiger partial charge in [0.05, 0.1) is 18.7 Å². The topological polar surface area (TPSA) is 71.5 Å². The van der Waals surface area contributed by atoms with Crippen LogP contribution in [0.2, 0.25) is 0 Å². The number of anilines is 1. The molecule has 1 atom stereocenters. The number of aromatic nitrogens is 1. The Hall–Kier alpha value is -3.40. The Morgan fingerprint density at radius 2 is 2.07 bits per heavy atom. The zero-order valence-electron chi connectivity index (χ0n) is 15.4. The van der Waals surface area contributed by atoms with Crippen LogP contribution in [0.25, 0.3) is 0 Å². The summed E-state index contributed by atoms with van der Waals surface area (Å²) in [4.78, 5) is 30.0. The second-order valence-corrected chi connectivity index (χ2v) is 6.38. The van der Waals surface area contributed by atoms with E-state index in [1.165, 1.54) is 29.2 Å². The van der Waals surface area contributed by atoms with Crippen LogP contribution in [0.3, 0.4) is 0 Å². The summed E-state index contributed by atoms with van der Waals surface area (Å²) in [5, 5.41) is 2.71. The lowest BCUT2D eigenvalue weighted by molar-refractivity contribution is -0.126. The van der Waals surface area contributed by atoms with Crippen LogP contribution in [-0.2, 0) is 9.59 Å². The summed E-state index contributed by atoms with van der Waals surface area (Å²) in [5.74, 6) is 5.06. The summed E-state index contributed by atoms with van der Waals surface area (Å²) in [5.41, 5.74) is 1.49. The third-order valence-electron chi connectivity index (χ3n) is 4.31. The van der Waals surface area contributed by atoms with Gasteiger partial charge in [0.25, 0.3) is 0 Å². The van der Waals surface area contributed by atoms with Crippen molar-refractivity contribution in [2.45, 2.75) is 13.3 Å². The first-order valence-electron chi connectivity index (χ1n) is 8.88. The molecule has 1 aliphatic rings. The van der Waals surface area contributed by atoms with Gasteiger partial charge in [-0.3, -0.25) is 14.6 Å². The van der Waals surface area contributed by atoms with E-state index in [0.29, 0.717) is 11.4 Å². The quantitative estimate of drug-likeness (QED) is 0.805. The van der Waals surface area contributed by atoms with E-state index < -0.39 is 5.92 Å². The molecule has 0 spiro atoms. The van der Waals surface area contributed by atoms with Crippen LogP contribution >= 0.6 is 0 Å². The van der Waals surface area contributed by atoms with Crippen molar-refractivity contribution in [2.75, 3.05) is 24.6 Å². The number of aryl methyl sites for hydroxylation is 1. The number of pyridine rings is 1. The average Bonchev–Trinajstić information content (AvgIpc) is 3.08. The molecule has 2 aromatic rings. The molecule has 0 saturated carbocycles. The molecule has 0 bridgehead atoms. The zero-order valence-corrected chi connectivity index (χ0v) is 15.4. The van der Waals surface area contributed by atoms with Crippen LogP contribution in [0.15, 0.2) is 42.6 Å². The first-order valence-corrected chi connectivity index (χ1v) is 8.88. The third-order valence-corrected chi connectivity index (χ3v) is 4.31. The van der Waals surface area contributed by atoms with Crippen LogP contribution in [0.1, 0.15) is 12.1 Å². The lowest BCUT2D eigenvalue weighted by Gasteiger charge is -2.16. The molecule has 2 amide bonds. The van der Waals surface area contributed by atoms with Gasteiger partial charge in [-0.2, -0.15) is 0 Å². The Morgan fingerprint density at radius 1 is 1.29 bits per heavy atom. The Labute approximate surface area is 162 Å². The first kappa shape index (κ1) is 19.4. The Balaban J connectivity index is 1.42. The third kappa shape index (κ3) is 5.07. The van der Waals surface area contributed by atoms with Gasteiger partial charge in [0.2, 0.25) is 11.8 Å². The largest absolute Gasteiger partial charge is 0.479 e. The molecular formula is C21H20FN3O3. The predicted octanol–water partition coefficient (Wildman–Crippen LogP) is 2.08. The molecular weight excluding hydrogens is 361 g/mol. The fourth-order valence-electron chi connectivity index (χ4n) is 2.80. The van der Waals surface area contributed by atoms with Crippen molar-refractivity contribution in [1.29, 1.82) is 0 Å². The second kappa shape index (κ2) is 9.00. The highest BCUT2D eigenvalue weighted by atomic mass is 19.1. The maximum Gasteiger partial charge on any atom is 0.227 e. The van der Waals surface area contributed by atoms with Crippen molar-refractivity contribution in [3.8, 4) is 17.6 Å². The summed E-state index contributed by atoms with van der Waals surface area (Å²) < 4.78 is 18.5. The predicted molar refractivity (Wildman–Crippen MR) is 102 cm³/mol. The number of ether oxygens (including phenoxy) is 1. The molecule has 1 unspecified atom stereocenters. The molecule has 1 aliphatic heterocycles. The highest BCUT2D eigenvalue weighted by Crippen LogP contribution is 2.25. The summed E-state index contributed by atoms with van der Waals surface area (Å²) in [6.07, 6.45) is 1.75. The molecule has 0 radical (unpaired) electrons. The molecule has 2 heterocycles. The molecule has 1 N–H and O–H groups in total. The minimum atomic E-state index is -0.450. The number of nitrogens with one attached hydrogen (secondary N) is 1. The van der Waals surface area contributed by atoms with Crippen LogP contribution in [0.4, 0.5) is 10.1 Å². The van der Waals surface area contributed by atoms with Crippen LogP contribution < -0.4 is 15.0 Å². The van der Waals surface area contributed by atoms with Crippen molar-refractivity contribution in [1.82, 2.24) is 10.3 Å². The van der Waals surface area contributed by atoms with E-state index in [1.54, 1.807) is 6.20 Å². The summed E-state index contributed by atoms with van der Waals surface area (Å²) in [6.45, 7) is 2.53. The van der Waals surface area contributed by atoms with Crippen LogP contribution in [-0.4, -0.2) is 36.5 Å². The summed E-state index contributed by atoms with van der Waals surface area (Å²) >= 11 is 0. The molecule has 0 aliphatic carbocycles. The number of amides is 2. The molecule has 6 nitrogen and oxygen atoms in total. The average molecular weight is 381 g/mol. The number of halogens is 1. The summed E-state index contributed by atoms with van der Waals surface area (Å²) in [6, 6.07) is 9.31. The van der Waals surface area contributed by atoms with Gasteiger partial charge in [-0.1, -0.05) is 11.8 Å². The van der Waals surface area contributed by atoms with E-state index in [2.05, 4.69) is 22.1 Å². The lowest BCUT2D eigenvalue weighted by Crippen LogP contribution is -2.33. The van der Waals surface area contributed by atoms with E-state index in [-0.39, 0.29) is 43.7 Å². The number of carbonyl (C=O) groups excluding carboxylic acids is 2. The fraction of sp³-hybridized carbons (Fsp3) is 0.286. The van der Waals surface area contributed by atoms with Gasteiger partial charge in [-0.05, 0) is 43.3 Å². The Morgan fingerprint density at radius 3 is 2.79 bits per heavy atom. The molecule has 1 aromatic heterocycles. The number of nitrogens with zero attached hydrogens (tertiary/aromatic N) is 2. The second-order valence-electron chi connectivity index (χ2n) is 6.38. The van der Waals surface area contributed by atoms with Crippen molar-refractivity contribution >= 4 is 17.5 Å². The number of hydrogen-bond acceptors (Lipinski definition) is 4. The SMILES string of the molecule is Cc1ccc(OCC#CCNC(=O)C2CC(=O)N(c3ccc(F)cc3)C2)cn1. The van der Waals surface area contributed by atoms with Gasteiger partial charge in [0, 0.05) is 24.3 Å². The van der Waals surface area contributed by atoms with Gasteiger partial charge in [0.15, 0.2) is 0 Å². The first-order chi connectivity index (χ1) is 13.5. The van der Waals surface area contributed by atoms with E-state index in [1.807, 2.05) is 19.1 Å². The minimum Gasteiger partial charge on any atom is -0.479 e. The standard InChI is InChI=1S/C21H20FN3O3/c1-15-4-9-19(13-24-15)28-11-3-2-10-23-21(27)16-12-20(26)25(14-16)18-7-5-17(22)6-8-18/h4-9,13,16H,10-12,14H2,1H3,(H,23,27). The van der Waals surface area contributed by atoms with Gasteiger partial charge >= 0.3 is 0 Å². The molecule has 1 aromatic carbocycles. The molecule has 144 valence electrons. The van der Waals surface area contributed by atoms with Crippen molar-refractivity contribution in [2.24, 2.45) is 5.92 Å². The Bertz CT molecular complexity index is 901. The molecule has 1 saturated heterocycles. The molecule has 1 fully saturated rings. The van der Waals surface area contributed by atoms with Crippen molar-refractivity contribution in [3.63, 3.8) is 0 Å². The van der Waals surface area contributed by atoms with Gasteiger partial charge in [-0.25, -0.2) is 4.39 Å². The van der Waals surface area contributed by atoms with Gasteiger partial charge in [0.1, 0.15) is 18.2 Å². The number of rotatable bonds is 5. The number of benzene rings is 1. The van der Waals surface area contributed by atoms with Gasteiger partial charge in [-0.15, -0.1) is 0 Å². The number of hydrogen-bond donors (Lipinski definition) is 1. The monoisotopic (exact) mass is 381 g/mol. The van der Waals surface area contributed by atoms with Crippen LogP contribution in [0.5, 0.6) is 5.75 Å². The molecule has 3 rings (SSSR count). The molecule has 28 heavy (non-hydrogen) atoms. The minimum absolute atomic E-state index is 0.125. The van der Waals surface area contributed by atoms with Gasteiger partial charge < -0.3 is 15.0 Å². The molecule has 7 heteroatoms. The fourth-order valence-corrected chi connectivity index (χ4v) is 2.80. The maximum absolute atomic E-state index is 13.0. The Kier molecular flexibility index (Phi) is 6.22. The maximum atomic E-state index is 13.0. The summed E-state index contributed by atoms with van der Waals surface area (Å²) in [7, 11) is 0. The normalized spacial score (nSPS) is 15.7. The number of carbonyl (C=O) groups is 2. The lowest BCUT2D eigenvalue weighted by atomic mass is 10.1. The van der Waals surface area contributed by atoms with E-state index in [9.17, 15) is 14.0 Å². The highest BCUT2D eigenvalue weighted by molar-refractivity contribution is 6.00. The zero-order chi connectivity index (χ0) is 19.9. The highest BCUT2D eigenvalue weighted by Gasteiger charge is 2.34. The van der Waals surface area contributed by atoms with E-state index in [0.717, 1.165) is 5.69 Å². The van der Waals surface area contributed by atoms with E-state index in [4.69, 9.17) is 4.74 Å². The van der Waals surface area contributed by atoms with E-state index >= 15 is 0 Å². The van der Waals surface area contributed by atoms with Crippen LogP contribution in [0, 0.1) is 30.5 Å². The van der Waals surface area contributed by atoms with Crippen molar-refractivity contribution < 1.29 is 18.7 Å².